The second-order valence-corrected chi connectivity index (χ2v) is 10.6. The van der Waals surface area contributed by atoms with E-state index in [2.05, 4.69) is 60.0 Å². The Labute approximate surface area is 231 Å². The van der Waals surface area contributed by atoms with Crippen molar-refractivity contribution in [3.8, 4) is 5.69 Å². The molecule has 1 saturated heterocycles. The fourth-order valence-electron chi connectivity index (χ4n) is 5.60. The molecule has 7 heteroatoms. The Bertz CT molecular complexity index is 1380. The van der Waals surface area contributed by atoms with Crippen LogP contribution < -0.4 is 4.90 Å². The molecule has 2 aromatic heterocycles. The van der Waals surface area contributed by atoms with Gasteiger partial charge in [-0.25, -0.2) is 14.6 Å². The maximum Gasteiger partial charge on any atom is 0.225 e. The number of hydrogen-bond donors (Lipinski definition) is 0. The Morgan fingerprint density at radius 2 is 1.67 bits per heavy atom. The predicted molar refractivity (Wildman–Crippen MR) is 157 cm³/mol. The molecule has 1 fully saturated rings. The van der Waals surface area contributed by atoms with Crippen LogP contribution in [0.15, 0.2) is 60.7 Å². The average Bonchev–Trinajstić information content (AvgIpc) is 3.13. The second-order valence-electron chi connectivity index (χ2n) is 10.6. The van der Waals surface area contributed by atoms with Crippen molar-refractivity contribution >= 4 is 22.8 Å². The van der Waals surface area contributed by atoms with Crippen LogP contribution in [0.25, 0.3) is 16.7 Å². The van der Waals surface area contributed by atoms with Crippen LogP contribution in [0.1, 0.15) is 63.0 Å². The quantitative estimate of drug-likeness (QED) is 0.270. The highest BCUT2D eigenvalue weighted by Gasteiger charge is 2.27. The van der Waals surface area contributed by atoms with Gasteiger partial charge in [-0.15, -0.1) is 0 Å². The fourth-order valence-corrected chi connectivity index (χ4v) is 5.60. The van der Waals surface area contributed by atoms with E-state index in [1.807, 2.05) is 35.9 Å². The monoisotopic (exact) mass is 524 g/mol. The summed E-state index contributed by atoms with van der Waals surface area (Å²) in [6.07, 6.45) is 5.70. The smallest absolute Gasteiger partial charge is 0.225 e. The Kier molecular flexibility index (Phi) is 8.54. The van der Waals surface area contributed by atoms with Gasteiger partial charge in [-0.05, 0) is 43.9 Å². The number of hydrogen-bond acceptors (Lipinski definition) is 5. The van der Waals surface area contributed by atoms with Gasteiger partial charge in [0.15, 0.2) is 5.65 Å². The molecule has 1 aliphatic heterocycles. The Morgan fingerprint density at radius 1 is 0.923 bits per heavy atom. The lowest BCUT2D eigenvalue weighted by atomic mass is 9.97. The zero-order valence-electron chi connectivity index (χ0n) is 23.5. The van der Waals surface area contributed by atoms with Gasteiger partial charge in [0.1, 0.15) is 11.6 Å². The van der Waals surface area contributed by atoms with E-state index < -0.39 is 0 Å². The largest absolute Gasteiger partial charge is 0.354 e. The van der Waals surface area contributed by atoms with Gasteiger partial charge in [-0.3, -0.25) is 4.79 Å². The van der Waals surface area contributed by atoms with Crippen molar-refractivity contribution in [3.63, 3.8) is 0 Å². The zero-order valence-corrected chi connectivity index (χ0v) is 23.5. The Balaban J connectivity index is 1.50. The summed E-state index contributed by atoms with van der Waals surface area (Å²) in [5, 5.41) is 5.91. The van der Waals surface area contributed by atoms with Crippen molar-refractivity contribution in [1.82, 2.24) is 24.6 Å². The Morgan fingerprint density at radius 3 is 2.38 bits per heavy atom. The number of fused-ring (bicyclic) bond motifs is 1. The second kappa shape index (κ2) is 12.4. The highest BCUT2D eigenvalue weighted by atomic mass is 16.2. The van der Waals surface area contributed by atoms with E-state index in [-0.39, 0.29) is 5.92 Å². The van der Waals surface area contributed by atoms with Gasteiger partial charge in [0, 0.05) is 38.5 Å². The van der Waals surface area contributed by atoms with E-state index in [1.165, 1.54) is 5.56 Å². The number of carbonyl (C=O) groups is 1. The minimum Gasteiger partial charge on any atom is -0.354 e. The van der Waals surface area contributed by atoms with Gasteiger partial charge in [0.05, 0.1) is 16.8 Å². The molecule has 4 aromatic rings. The van der Waals surface area contributed by atoms with E-state index in [0.717, 1.165) is 85.8 Å². The summed E-state index contributed by atoms with van der Waals surface area (Å²) in [7, 11) is 0. The minimum atomic E-state index is 0.131. The van der Waals surface area contributed by atoms with Crippen molar-refractivity contribution in [2.24, 2.45) is 5.92 Å². The first-order valence-corrected chi connectivity index (χ1v) is 14.5. The standard InChI is InChI=1S/C32H40N6O/c1-4-6-16-26(5-2)32(39)37-20-13-19-36(21-22-37)30-29-24(3)35-38(27-17-11-8-12-18-27)31(29)34-28(33-30)23-25-14-9-7-10-15-25/h7-12,14-15,17-18,26H,4-6,13,16,19-23H2,1-3H3/t26-/m1/s1. The van der Waals surface area contributed by atoms with Crippen LogP contribution in [0.5, 0.6) is 0 Å². The van der Waals surface area contributed by atoms with Crippen LogP contribution in [-0.2, 0) is 11.2 Å². The van der Waals surface area contributed by atoms with Crippen LogP contribution in [-0.4, -0.2) is 56.7 Å². The maximum atomic E-state index is 13.4. The molecule has 7 nitrogen and oxygen atoms in total. The molecule has 0 bridgehead atoms. The van der Waals surface area contributed by atoms with Gasteiger partial charge in [-0.2, -0.15) is 5.10 Å². The Hall–Kier alpha value is -3.74. The molecular formula is C32H40N6O. The molecule has 1 atom stereocenters. The maximum absolute atomic E-state index is 13.4. The SMILES string of the molecule is CCCC[C@@H](CC)C(=O)N1CCCN(c2nc(Cc3ccccc3)nc3c2c(C)nn3-c2ccccc2)CC1. The number of anilines is 1. The summed E-state index contributed by atoms with van der Waals surface area (Å²) < 4.78 is 1.94. The van der Waals surface area contributed by atoms with Crippen LogP contribution in [0.3, 0.4) is 0 Å². The lowest BCUT2D eigenvalue weighted by Gasteiger charge is -2.26. The number of rotatable bonds is 9. The van der Waals surface area contributed by atoms with Gasteiger partial charge in [0.2, 0.25) is 5.91 Å². The predicted octanol–water partition coefficient (Wildman–Crippen LogP) is 5.97. The van der Waals surface area contributed by atoms with E-state index >= 15 is 0 Å². The highest BCUT2D eigenvalue weighted by Crippen LogP contribution is 2.30. The summed E-state index contributed by atoms with van der Waals surface area (Å²) >= 11 is 0. The molecule has 3 heterocycles. The molecule has 0 N–H and O–H groups in total. The van der Waals surface area contributed by atoms with E-state index in [1.54, 1.807) is 0 Å². The lowest BCUT2D eigenvalue weighted by molar-refractivity contribution is -0.135. The number of carbonyl (C=O) groups excluding carboxylic acids is 1. The summed E-state index contributed by atoms with van der Waals surface area (Å²) in [5.74, 6) is 2.16. The molecular weight excluding hydrogens is 484 g/mol. The summed E-state index contributed by atoms with van der Waals surface area (Å²) in [5.41, 5.74) is 3.90. The molecule has 0 unspecified atom stereocenters. The van der Waals surface area contributed by atoms with E-state index in [0.29, 0.717) is 18.9 Å². The molecule has 39 heavy (non-hydrogen) atoms. The van der Waals surface area contributed by atoms with Gasteiger partial charge < -0.3 is 9.80 Å². The first kappa shape index (κ1) is 26.9. The summed E-state index contributed by atoms with van der Waals surface area (Å²) in [4.78, 5) is 28.0. The molecule has 5 rings (SSSR count). The van der Waals surface area contributed by atoms with Gasteiger partial charge >= 0.3 is 0 Å². The van der Waals surface area contributed by atoms with Crippen LogP contribution in [0.2, 0.25) is 0 Å². The first-order chi connectivity index (χ1) is 19.1. The fraction of sp³-hybridized carbons (Fsp3) is 0.438. The number of nitrogens with zero attached hydrogens (tertiary/aromatic N) is 6. The number of benzene rings is 2. The third-order valence-electron chi connectivity index (χ3n) is 7.79. The van der Waals surface area contributed by atoms with Crippen LogP contribution in [0.4, 0.5) is 5.82 Å². The van der Waals surface area contributed by atoms with Crippen molar-refractivity contribution in [3.05, 3.63) is 77.7 Å². The summed E-state index contributed by atoms with van der Waals surface area (Å²) in [6, 6.07) is 20.5. The number of aryl methyl sites for hydroxylation is 1. The number of unbranched alkanes of at least 4 members (excludes halogenated alkanes) is 1. The molecule has 0 radical (unpaired) electrons. The topological polar surface area (TPSA) is 67.2 Å². The molecule has 1 aliphatic rings. The molecule has 2 aromatic carbocycles. The number of para-hydroxylation sites is 1. The van der Waals surface area contributed by atoms with Gasteiger partial charge in [0.25, 0.3) is 0 Å². The number of amides is 1. The molecule has 204 valence electrons. The third kappa shape index (κ3) is 5.97. The molecule has 1 amide bonds. The zero-order chi connectivity index (χ0) is 27.2. The van der Waals surface area contributed by atoms with Crippen LogP contribution in [0, 0.1) is 12.8 Å². The van der Waals surface area contributed by atoms with Crippen molar-refractivity contribution in [2.45, 2.75) is 59.3 Å². The van der Waals surface area contributed by atoms with Gasteiger partial charge in [-0.1, -0.05) is 75.2 Å². The molecule has 0 aliphatic carbocycles. The third-order valence-corrected chi connectivity index (χ3v) is 7.79. The molecule has 0 spiro atoms. The minimum absolute atomic E-state index is 0.131. The average molecular weight is 525 g/mol. The van der Waals surface area contributed by atoms with Crippen molar-refractivity contribution in [1.29, 1.82) is 0 Å². The first-order valence-electron chi connectivity index (χ1n) is 14.5. The van der Waals surface area contributed by atoms with Crippen molar-refractivity contribution < 1.29 is 4.79 Å². The molecule has 0 saturated carbocycles. The van der Waals surface area contributed by atoms with Crippen molar-refractivity contribution in [2.75, 3.05) is 31.1 Å². The highest BCUT2D eigenvalue weighted by molar-refractivity contribution is 5.91. The number of aromatic nitrogens is 4. The van der Waals surface area contributed by atoms with E-state index in [4.69, 9.17) is 15.1 Å². The van der Waals surface area contributed by atoms with Crippen LogP contribution >= 0.6 is 0 Å². The lowest BCUT2D eigenvalue weighted by Crippen LogP contribution is -2.39. The normalized spacial score (nSPS) is 14.9. The van der Waals surface area contributed by atoms with E-state index in [9.17, 15) is 4.79 Å². The summed E-state index contributed by atoms with van der Waals surface area (Å²) in [6.45, 7) is 9.49.